The van der Waals surface area contributed by atoms with Crippen molar-refractivity contribution in [3.8, 4) is 0 Å². The molecule has 5 rings (SSSR count). The Hall–Kier alpha value is -3.78. The number of benzene rings is 1. The van der Waals surface area contributed by atoms with Crippen LogP contribution in [0.3, 0.4) is 0 Å². The van der Waals surface area contributed by atoms with Gasteiger partial charge in [0.05, 0.1) is 29.9 Å². The van der Waals surface area contributed by atoms with E-state index in [-0.39, 0.29) is 30.9 Å². The average molecular weight is 672 g/mol. The van der Waals surface area contributed by atoms with E-state index >= 15 is 0 Å². The number of aromatic nitrogens is 2. The van der Waals surface area contributed by atoms with Crippen molar-refractivity contribution >= 4 is 23.7 Å². The smallest absolute Gasteiger partial charge is 0.416 e. The van der Waals surface area contributed by atoms with Crippen LogP contribution in [0.4, 0.5) is 42.8 Å². The number of nitrogens with zero attached hydrogens (tertiary/aromatic N) is 5. The highest BCUT2D eigenvalue weighted by Crippen LogP contribution is 2.41. The molecule has 1 N–H and O–H groups in total. The number of cyclic esters (lactones) is 1. The van der Waals surface area contributed by atoms with E-state index < -0.39 is 53.3 Å². The second-order valence-electron chi connectivity index (χ2n) is 12.7. The monoisotopic (exact) mass is 671 g/mol. The predicted molar refractivity (Wildman–Crippen MR) is 160 cm³/mol. The van der Waals surface area contributed by atoms with Gasteiger partial charge in [-0.25, -0.2) is 14.8 Å². The number of rotatable bonds is 10. The number of hydrogen-bond donors (Lipinski definition) is 1. The van der Waals surface area contributed by atoms with Gasteiger partial charge in [0, 0.05) is 32.6 Å². The van der Waals surface area contributed by atoms with Crippen LogP contribution < -0.4 is 9.80 Å². The van der Waals surface area contributed by atoms with Crippen molar-refractivity contribution in [3.63, 3.8) is 0 Å². The van der Waals surface area contributed by atoms with Gasteiger partial charge in [0.1, 0.15) is 17.6 Å². The molecule has 2 aliphatic heterocycles. The van der Waals surface area contributed by atoms with E-state index in [0.29, 0.717) is 42.6 Å². The summed E-state index contributed by atoms with van der Waals surface area (Å²) in [6.45, 7) is 6.13. The third-order valence-corrected chi connectivity index (χ3v) is 9.48. The Morgan fingerprint density at radius 2 is 1.60 bits per heavy atom. The molecule has 0 radical (unpaired) electrons. The number of halogens is 6. The molecular formula is C32H39F6N5O4. The van der Waals surface area contributed by atoms with E-state index in [2.05, 4.69) is 9.80 Å². The van der Waals surface area contributed by atoms with Crippen LogP contribution >= 0.6 is 0 Å². The summed E-state index contributed by atoms with van der Waals surface area (Å²) in [4.78, 5) is 39.4. The van der Waals surface area contributed by atoms with Gasteiger partial charge < -0.3 is 19.6 Å². The fourth-order valence-corrected chi connectivity index (χ4v) is 6.89. The van der Waals surface area contributed by atoms with E-state index in [1.54, 1.807) is 6.20 Å². The SMILES string of the molecule is CCN(C[C@H]1CC[C@H](CC(=O)O)CC1)c1ncc(N2CCCC2)nc1CN1C(=O)OC(c2cc(C(F)(F)F)cc(C(F)(F)F)c2)[C@@H]1C. The fourth-order valence-electron chi connectivity index (χ4n) is 6.89. The average Bonchev–Trinajstić information content (AvgIpc) is 3.64. The van der Waals surface area contributed by atoms with Crippen molar-refractivity contribution in [1.82, 2.24) is 14.9 Å². The topological polar surface area (TPSA) is 99.1 Å². The molecule has 1 saturated carbocycles. The highest BCUT2D eigenvalue weighted by molar-refractivity contribution is 5.71. The van der Waals surface area contributed by atoms with Crippen molar-refractivity contribution in [2.75, 3.05) is 36.0 Å². The molecule has 3 aliphatic rings. The minimum Gasteiger partial charge on any atom is -0.481 e. The molecule has 15 heteroatoms. The lowest BCUT2D eigenvalue weighted by molar-refractivity contribution is -0.143. The van der Waals surface area contributed by atoms with E-state index in [1.165, 1.54) is 11.8 Å². The maximum Gasteiger partial charge on any atom is 0.416 e. The van der Waals surface area contributed by atoms with E-state index in [9.17, 15) is 35.9 Å². The molecule has 258 valence electrons. The number of anilines is 2. The van der Waals surface area contributed by atoms with Crippen LogP contribution in [0.1, 0.15) is 87.3 Å². The summed E-state index contributed by atoms with van der Waals surface area (Å²) in [6, 6.07) is 0.316. The Kier molecular flexibility index (Phi) is 10.1. The number of carbonyl (C=O) groups excluding carboxylic acids is 1. The number of alkyl halides is 6. The highest BCUT2D eigenvalue weighted by atomic mass is 19.4. The Labute approximate surface area is 268 Å². The molecule has 3 heterocycles. The summed E-state index contributed by atoms with van der Waals surface area (Å²) in [7, 11) is 0. The Balaban J connectivity index is 1.41. The zero-order chi connectivity index (χ0) is 34.1. The Morgan fingerprint density at radius 3 is 2.15 bits per heavy atom. The van der Waals surface area contributed by atoms with Crippen LogP contribution in [-0.2, 0) is 28.4 Å². The maximum atomic E-state index is 13.6. The van der Waals surface area contributed by atoms with Crippen molar-refractivity contribution in [1.29, 1.82) is 0 Å². The molecule has 0 bridgehead atoms. The molecule has 9 nitrogen and oxygen atoms in total. The van der Waals surface area contributed by atoms with Gasteiger partial charge in [-0.05, 0) is 88.0 Å². The zero-order valence-electron chi connectivity index (χ0n) is 26.3. The van der Waals surface area contributed by atoms with Gasteiger partial charge in [0.25, 0.3) is 0 Å². The van der Waals surface area contributed by atoms with Crippen LogP contribution in [0.15, 0.2) is 24.4 Å². The molecule has 47 heavy (non-hydrogen) atoms. The van der Waals surface area contributed by atoms with Gasteiger partial charge in [-0.15, -0.1) is 0 Å². The molecule has 1 aromatic carbocycles. The normalized spacial score (nSPS) is 23.7. The summed E-state index contributed by atoms with van der Waals surface area (Å²) in [5.74, 6) is 0.790. The lowest BCUT2D eigenvalue weighted by atomic mass is 9.80. The summed E-state index contributed by atoms with van der Waals surface area (Å²) >= 11 is 0. The molecule has 3 fully saturated rings. The molecule has 1 aromatic heterocycles. The molecule has 2 saturated heterocycles. The zero-order valence-corrected chi connectivity index (χ0v) is 26.3. The van der Waals surface area contributed by atoms with Gasteiger partial charge in [-0.2, -0.15) is 26.3 Å². The lowest BCUT2D eigenvalue weighted by Gasteiger charge is -2.33. The van der Waals surface area contributed by atoms with Crippen LogP contribution in [0, 0.1) is 11.8 Å². The molecule has 1 unspecified atom stereocenters. The van der Waals surface area contributed by atoms with Gasteiger partial charge in [-0.3, -0.25) is 9.69 Å². The number of carboxylic acids is 1. The van der Waals surface area contributed by atoms with Crippen molar-refractivity contribution < 1.29 is 45.8 Å². The van der Waals surface area contributed by atoms with Gasteiger partial charge in [0.15, 0.2) is 5.82 Å². The number of ether oxygens (including phenoxy) is 1. The first-order valence-corrected chi connectivity index (χ1v) is 16.0. The molecule has 0 spiro atoms. The first-order valence-electron chi connectivity index (χ1n) is 16.0. The van der Waals surface area contributed by atoms with Crippen LogP contribution in [0.25, 0.3) is 0 Å². The van der Waals surface area contributed by atoms with Crippen LogP contribution in [-0.4, -0.2) is 64.3 Å². The molecule has 2 aromatic rings. The molecule has 1 aliphatic carbocycles. The first kappa shape index (κ1) is 34.6. The van der Waals surface area contributed by atoms with E-state index in [0.717, 1.165) is 51.6 Å². The third-order valence-electron chi connectivity index (χ3n) is 9.48. The Morgan fingerprint density at radius 1 is 1.00 bits per heavy atom. The van der Waals surface area contributed by atoms with Gasteiger partial charge >= 0.3 is 24.4 Å². The third kappa shape index (κ3) is 8.03. The number of carbonyl (C=O) groups is 2. The number of hydrogen-bond acceptors (Lipinski definition) is 7. The number of carboxylic acid groups (broad SMARTS) is 1. The van der Waals surface area contributed by atoms with E-state index in [4.69, 9.17) is 19.8 Å². The molecular weight excluding hydrogens is 632 g/mol. The lowest BCUT2D eigenvalue weighted by Crippen LogP contribution is -2.36. The first-order chi connectivity index (χ1) is 22.1. The second kappa shape index (κ2) is 13.8. The molecule has 2 atom stereocenters. The highest BCUT2D eigenvalue weighted by Gasteiger charge is 2.44. The number of amides is 1. The van der Waals surface area contributed by atoms with Crippen LogP contribution in [0.5, 0.6) is 0 Å². The summed E-state index contributed by atoms with van der Waals surface area (Å²) in [5, 5.41) is 9.17. The summed E-state index contributed by atoms with van der Waals surface area (Å²) < 4.78 is 86.9. The van der Waals surface area contributed by atoms with Crippen LogP contribution in [0.2, 0.25) is 0 Å². The maximum absolute atomic E-state index is 13.6. The predicted octanol–water partition coefficient (Wildman–Crippen LogP) is 7.30. The molecule has 1 amide bonds. The largest absolute Gasteiger partial charge is 0.481 e. The summed E-state index contributed by atoms with van der Waals surface area (Å²) in [5.41, 5.74) is -2.92. The number of aliphatic carboxylic acids is 1. The summed E-state index contributed by atoms with van der Waals surface area (Å²) in [6.07, 6.45) is -5.20. The van der Waals surface area contributed by atoms with E-state index in [1.807, 2.05) is 6.92 Å². The Bertz CT molecular complexity index is 1410. The minimum atomic E-state index is -5.04. The van der Waals surface area contributed by atoms with Crippen molar-refractivity contribution in [2.24, 2.45) is 11.8 Å². The van der Waals surface area contributed by atoms with Crippen molar-refractivity contribution in [3.05, 3.63) is 46.8 Å². The van der Waals surface area contributed by atoms with Gasteiger partial charge in [-0.1, -0.05) is 0 Å². The fraction of sp³-hybridized carbons (Fsp3) is 0.625. The second-order valence-corrected chi connectivity index (χ2v) is 12.7. The quantitative estimate of drug-likeness (QED) is 0.263. The van der Waals surface area contributed by atoms with Gasteiger partial charge in [0.2, 0.25) is 0 Å². The van der Waals surface area contributed by atoms with Crippen molar-refractivity contribution in [2.45, 2.75) is 89.8 Å². The standard InChI is InChI=1S/C32H39F6N5O4/c1-3-41(17-21-8-6-20(7-9-21)12-27(44)45)29-25(40-26(16-39-29)42-10-4-5-11-42)18-43-19(2)28(47-30(43)46)22-13-23(31(33,34)35)15-24(14-22)32(36,37)38/h13-16,19-21,28H,3-12,17-18H2,1-2H3,(H,44,45)/t19-,20-,21-,28?/m0/s1. The minimum absolute atomic E-state index is 0.0480.